The molecule has 0 unspecified atom stereocenters. The Morgan fingerprint density at radius 2 is 1.42 bits per heavy atom. The van der Waals surface area contributed by atoms with E-state index in [4.69, 9.17) is 17.0 Å². The van der Waals surface area contributed by atoms with Gasteiger partial charge >= 0.3 is 0 Å². The molecule has 1 N–H and O–H groups in total. The number of rotatable bonds is 14. The van der Waals surface area contributed by atoms with E-state index in [1.165, 1.54) is 17.7 Å². The first-order chi connectivity index (χ1) is 17.6. The van der Waals surface area contributed by atoms with Crippen molar-refractivity contribution in [2.24, 2.45) is 0 Å². The maximum Gasteiger partial charge on any atom is 0.269 e. The molecule has 0 aromatic heterocycles. The van der Waals surface area contributed by atoms with Crippen molar-refractivity contribution in [3.8, 4) is 11.5 Å². The SMILES string of the molecule is C=CCCCC/C=C/CCCCC/C=C1\C(=O)NC(=S)N(c2ccc(Oc3ccccc3)cc2)C1=O. The fourth-order valence-corrected chi connectivity index (χ4v) is 4.13. The molecule has 2 amide bonds. The van der Waals surface area contributed by atoms with Gasteiger partial charge in [-0.2, -0.15) is 0 Å². The number of allylic oxidation sites excluding steroid dienone is 4. The average Bonchev–Trinajstić information content (AvgIpc) is 2.88. The molecule has 0 atom stereocenters. The van der Waals surface area contributed by atoms with Gasteiger partial charge in [-0.3, -0.25) is 19.8 Å². The van der Waals surface area contributed by atoms with Crippen LogP contribution < -0.4 is 15.0 Å². The molecule has 0 aliphatic carbocycles. The van der Waals surface area contributed by atoms with Gasteiger partial charge in [-0.25, -0.2) is 0 Å². The summed E-state index contributed by atoms with van der Waals surface area (Å²) in [5.74, 6) is 0.523. The zero-order valence-corrected chi connectivity index (χ0v) is 21.5. The second-order valence-corrected chi connectivity index (χ2v) is 9.00. The Bertz CT molecular complexity index is 1090. The molecule has 36 heavy (non-hydrogen) atoms. The zero-order valence-electron chi connectivity index (χ0n) is 20.7. The average molecular weight is 503 g/mol. The molecule has 188 valence electrons. The molecule has 2 aromatic carbocycles. The smallest absolute Gasteiger partial charge is 0.269 e. The lowest BCUT2D eigenvalue weighted by Gasteiger charge is -2.29. The standard InChI is InChI=1S/C30H34N2O3S/c1-2-3-4-5-6-7-8-9-10-11-12-16-19-27-28(33)31-30(36)32(29(27)34)24-20-22-26(23-21-24)35-25-17-14-13-15-18-25/h2,7-8,13-15,17-23H,1,3-6,9-12,16H2,(H,31,33,36)/b8-7+,27-19+. The van der Waals surface area contributed by atoms with E-state index in [-0.39, 0.29) is 10.7 Å². The molecule has 2 aromatic rings. The van der Waals surface area contributed by atoms with Crippen molar-refractivity contribution in [1.82, 2.24) is 5.32 Å². The summed E-state index contributed by atoms with van der Waals surface area (Å²) >= 11 is 5.29. The number of unbranched alkanes of at least 4 members (excludes halogenated alkanes) is 7. The molecule has 0 spiro atoms. The number of benzene rings is 2. The van der Waals surface area contributed by atoms with Crippen LogP contribution in [0.2, 0.25) is 0 Å². The highest BCUT2D eigenvalue weighted by Crippen LogP contribution is 2.26. The van der Waals surface area contributed by atoms with Crippen LogP contribution in [0.5, 0.6) is 11.5 Å². The molecule has 0 radical (unpaired) electrons. The summed E-state index contributed by atoms with van der Waals surface area (Å²) in [4.78, 5) is 26.9. The van der Waals surface area contributed by atoms with E-state index in [0.717, 1.165) is 44.3 Å². The number of nitrogens with one attached hydrogen (secondary N) is 1. The van der Waals surface area contributed by atoms with Crippen molar-refractivity contribution >= 4 is 34.8 Å². The first kappa shape index (κ1) is 27.1. The van der Waals surface area contributed by atoms with Crippen LogP contribution in [0.4, 0.5) is 5.69 Å². The van der Waals surface area contributed by atoms with Crippen LogP contribution in [0.25, 0.3) is 0 Å². The fraction of sp³-hybridized carbons (Fsp3) is 0.300. The number of amides is 2. The van der Waals surface area contributed by atoms with Crippen LogP contribution >= 0.6 is 12.2 Å². The van der Waals surface area contributed by atoms with Gasteiger partial charge in [-0.05, 0) is 100.0 Å². The first-order valence-corrected chi connectivity index (χ1v) is 13.0. The van der Waals surface area contributed by atoms with E-state index >= 15 is 0 Å². The number of anilines is 1. The third kappa shape index (κ3) is 8.31. The minimum atomic E-state index is -0.440. The van der Waals surface area contributed by atoms with Gasteiger partial charge in [0.1, 0.15) is 17.1 Å². The number of para-hydroxylation sites is 1. The molecule has 3 rings (SSSR count). The second-order valence-electron chi connectivity index (χ2n) is 8.61. The highest BCUT2D eigenvalue weighted by molar-refractivity contribution is 7.80. The summed E-state index contributed by atoms with van der Waals surface area (Å²) in [5, 5.41) is 2.72. The maximum absolute atomic E-state index is 13.1. The number of thiocarbonyl (C=S) groups is 1. The minimum absolute atomic E-state index is 0.0788. The molecule has 1 saturated heterocycles. The number of nitrogens with zero attached hydrogens (tertiary/aromatic N) is 1. The minimum Gasteiger partial charge on any atom is -0.457 e. The number of carbonyl (C=O) groups is 2. The summed E-state index contributed by atoms with van der Waals surface area (Å²) in [6.07, 6.45) is 17.6. The van der Waals surface area contributed by atoms with Gasteiger partial charge in [0.05, 0.1) is 5.69 Å². The Balaban J connectivity index is 1.48. The maximum atomic E-state index is 13.1. The Hall–Kier alpha value is -3.51. The fourth-order valence-electron chi connectivity index (χ4n) is 3.85. The number of hydrogen-bond acceptors (Lipinski definition) is 4. The summed E-state index contributed by atoms with van der Waals surface area (Å²) in [6.45, 7) is 3.74. The molecule has 6 heteroatoms. The third-order valence-corrected chi connectivity index (χ3v) is 6.08. The van der Waals surface area contributed by atoms with E-state index < -0.39 is 11.8 Å². The highest BCUT2D eigenvalue weighted by Gasteiger charge is 2.34. The van der Waals surface area contributed by atoms with Gasteiger partial charge in [-0.15, -0.1) is 6.58 Å². The van der Waals surface area contributed by atoms with Crippen LogP contribution in [-0.2, 0) is 9.59 Å². The zero-order chi connectivity index (χ0) is 25.6. The van der Waals surface area contributed by atoms with Gasteiger partial charge in [0.15, 0.2) is 5.11 Å². The van der Waals surface area contributed by atoms with Crippen LogP contribution in [0.3, 0.4) is 0 Å². The van der Waals surface area contributed by atoms with Crippen molar-refractivity contribution in [3.05, 3.63) is 91.1 Å². The van der Waals surface area contributed by atoms with Gasteiger partial charge in [0.2, 0.25) is 0 Å². The molecule has 0 saturated carbocycles. The predicted octanol–water partition coefficient (Wildman–Crippen LogP) is 7.41. The Kier molecular flexibility index (Phi) is 11.1. The number of ether oxygens (including phenoxy) is 1. The summed E-state index contributed by atoms with van der Waals surface area (Å²) in [7, 11) is 0. The van der Waals surface area contributed by atoms with Crippen LogP contribution in [0, 0.1) is 0 Å². The molecular formula is C30H34N2O3S. The normalized spacial score (nSPS) is 14.9. The van der Waals surface area contributed by atoms with E-state index in [1.54, 1.807) is 30.3 Å². The van der Waals surface area contributed by atoms with Gasteiger partial charge in [0.25, 0.3) is 11.8 Å². The molecular weight excluding hydrogens is 468 g/mol. The Morgan fingerprint density at radius 1 is 0.806 bits per heavy atom. The lowest BCUT2D eigenvalue weighted by atomic mass is 10.1. The molecule has 1 aliphatic rings. The van der Waals surface area contributed by atoms with Crippen molar-refractivity contribution in [1.29, 1.82) is 0 Å². The lowest BCUT2D eigenvalue weighted by molar-refractivity contribution is -0.122. The Labute approximate surface area is 219 Å². The van der Waals surface area contributed by atoms with Crippen LogP contribution in [0.1, 0.15) is 57.8 Å². The highest BCUT2D eigenvalue weighted by atomic mass is 32.1. The lowest BCUT2D eigenvalue weighted by Crippen LogP contribution is -2.54. The first-order valence-electron chi connectivity index (χ1n) is 12.6. The second kappa shape index (κ2) is 14.8. The Morgan fingerprint density at radius 3 is 2.11 bits per heavy atom. The number of carbonyl (C=O) groups excluding carboxylic acids is 2. The van der Waals surface area contributed by atoms with Crippen molar-refractivity contribution in [2.75, 3.05) is 4.90 Å². The monoisotopic (exact) mass is 502 g/mol. The van der Waals surface area contributed by atoms with Gasteiger partial charge < -0.3 is 4.74 Å². The molecule has 1 fully saturated rings. The number of hydrogen-bond donors (Lipinski definition) is 1. The van der Waals surface area contributed by atoms with E-state index in [1.807, 2.05) is 36.4 Å². The van der Waals surface area contributed by atoms with E-state index in [2.05, 4.69) is 24.0 Å². The molecule has 1 aliphatic heterocycles. The molecule has 0 bridgehead atoms. The van der Waals surface area contributed by atoms with E-state index in [0.29, 0.717) is 17.9 Å². The largest absolute Gasteiger partial charge is 0.457 e. The van der Waals surface area contributed by atoms with Crippen molar-refractivity contribution < 1.29 is 14.3 Å². The molecule has 1 heterocycles. The van der Waals surface area contributed by atoms with Crippen molar-refractivity contribution in [3.63, 3.8) is 0 Å². The summed E-state index contributed by atoms with van der Waals surface area (Å²) < 4.78 is 5.81. The molecule has 5 nitrogen and oxygen atoms in total. The van der Waals surface area contributed by atoms with Crippen LogP contribution in [-0.4, -0.2) is 16.9 Å². The topological polar surface area (TPSA) is 58.6 Å². The van der Waals surface area contributed by atoms with E-state index in [9.17, 15) is 9.59 Å². The van der Waals surface area contributed by atoms with Crippen LogP contribution in [0.15, 0.2) is 91.1 Å². The summed E-state index contributed by atoms with van der Waals surface area (Å²) in [6, 6.07) is 16.5. The third-order valence-electron chi connectivity index (χ3n) is 5.79. The summed E-state index contributed by atoms with van der Waals surface area (Å²) in [5.41, 5.74) is 0.709. The predicted molar refractivity (Wildman–Crippen MR) is 150 cm³/mol. The quantitative estimate of drug-likeness (QED) is 0.0961. The van der Waals surface area contributed by atoms with Gasteiger partial charge in [-0.1, -0.05) is 48.9 Å². The van der Waals surface area contributed by atoms with Gasteiger partial charge in [0, 0.05) is 0 Å². The van der Waals surface area contributed by atoms with Crippen molar-refractivity contribution in [2.45, 2.75) is 57.8 Å².